The van der Waals surface area contributed by atoms with Gasteiger partial charge in [0.05, 0.1) is 0 Å². The number of anilines is 1. The summed E-state index contributed by atoms with van der Waals surface area (Å²) < 4.78 is 1.68. The minimum Gasteiger partial charge on any atom is -0.492 e. The number of aromatic nitrogens is 4. The second-order valence-electron chi connectivity index (χ2n) is 4.02. The zero-order chi connectivity index (χ0) is 12.0. The number of imidazole rings is 1. The number of aliphatic hydroxyl groups is 1. The standard InChI is InChI=1S/C10H11N5O2/c11-10-13-8-7(9(17)14-10)12-4-15(8)2-5-1-6(5)3-16/h2,4,6,16H,1,3H2,(H3,11,13,14,17). The van der Waals surface area contributed by atoms with Crippen molar-refractivity contribution >= 4 is 23.3 Å². The van der Waals surface area contributed by atoms with Gasteiger partial charge in [0.15, 0.2) is 11.2 Å². The van der Waals surface area contributed by atoms with Crippen LogP contribution < -0.4 is 5.73 Å². The topological polar surface area (TPSA) is 110 Å². The fraction of sp³-hybridized carbons (Fsp3) is 0.300. The molecule has 0 amide bonds. The van der Waals surface area contributed by atoms with Crippen LogP contribution in [0.1, 0.15) is 6.42 Å². The van der Waals surface area contributed by atoms with E-state index in [9.17, 15) is 5.11 Å². The molecule has 0 aromatic carbocycles. The van der Waals surface area contributed by atoms with Crippen molar-refractivity contribution in [2.45, 2.75) is 6.42 Å². The lowest BCUT2D eigenvalue weighted by molar-refractivity contribution is 0.281. The minimum absolute atomic E-state index is 0.00431. The molecular formula is C10H11N5O2. The number of rotatable bonds is 2. The molecule has 7 heteroatoms. The lowest BCUT2D eigenvalue weighted by Crippen LogP contribution is -1.97. The summed E-state index contributed by atoms with van der Waals surface area (Å²) in [5.74, 6) is 0.0176. The molecule has 1 atom stereocenters. The molecule has 2 aromatic rings. The van der Waals surface area contributed by atoms with Crippen molar-refractivity contribution in [3.8, 4) is 5.88 Å². The molecule has 0 bridgehead atoms. The van der Waals surface area contributed by atoms with Crippen molar-refractivity contribution in [1.29, 1.82) is 0 Å². The number of fused-ring (bicyclic) bond motifs is 1. The van der Waals surface area contributed by atoms with Crippen LogP contribution in [0.15, 0.2) is 11.9 Å². The molecule has 1 unspecified atom stereocenters. The van der Waals surface area contributed by atoms with Crippen molar-refractivity contribution < 1.29 is 10.2 Å². The molecule has 0 aliphatic heterocycles. The summed E-state index contributed by atoms with van der Waals surface area (Å²) in [5, 5.41) is 18.5. The first kappa shape index (κ1) is 10.0. The minimum atomic E-state index is -0.223. The van der Waals surface area contributed by atoms with E-state index in [1.54, 1.807) is 4.57 Å². The number of hydrogen-bond donors (Lipinski definition) is 3. The summed E-state index contributed by atoms with van der Waals surface area (Å²) in [6, 6.07) is 0. The molecule has 3 rings (SSSR count). The van der Waals surface area contributed by atoms with Gasteiger partial charge in [-0.2, -0.15) is 9.97 Å². The predicted molar refractivity (Wildman–Crippen MR) is 60.9 cm³/mol. The predicted octanol–water partition coefficient (Wildman–Crippen LogP) is -0.0328. The van der Waals surface area contributed by atoms with Crippen LogP contribution in [-0.4, -0.2) is 36.3 Å². The molecule has 1 saturated carbocycles. The Bertz CT molecular complexity index is 618. The van der Waals surface area contributed by atoms with E-state index < -0.39 is 0 Å². The third-order valence-corrected chi connectivity index (χ3v) is 2.79. The van der Waals surface area contributed by atoms with Crippen molar-refractivity contribution in [2.24, 2.45) is 5.92 Å². The highest BCUT2D eigenvalue weighted by atomic mass is 16.3. The summed E-state index contributed by atoms with van der Waals surface area (Å²) >= 11 is 0. The monoisotopic (exact) mass is 233 g/mol. The first-order valence-corrected chi connectivity index (χ1v) is 5.19. The molecule has 1 fully saturated rings. The van der Waals surface area contributed by atoms with Crippen LogP contribution >= 0.6 is 0 Å². The number of nitrogen functional groups attached to an aromatic ring is 1. The number of nitrogens with two attached hydrogens (primary N) is 1. The molecule has 7 nitrogen and oxygen atoms in total. The molecule has 4 N–H and O–H groups in total. The Kier molecular flexibility index (Phi) is 2.02. The van der Waals surface area contributed by atoms with Crippen molar-refractivity contribution in [2.75, 3.05) is 12.3 Å². The first-order chi connectivity index (χ1) is 8.19. The zero-order valence-electron chi connectivity index (χ0n) is 8.91. The summed E-state index contributed by atoms with van der Waals surface area (Å²) in [7, 11) is 0. The van der Waals surface area contributed by atoms with Crippen molar-refractivity contribution in [3.05, 3.63) is 11.9 Å². The van der Waals surface area contributed by atoms with Gasteiger partial charge < -0.3 is 15.9 Å². The van der Waals surface area contributed by atoms with Crippen LogP contribution in [0.2, 0.25) is 0 Å². The van der Waals surface area contributed by atoms with E-state index >= 15 is 0 Å². The number of hydrogen-bond acceptors (Lipinski definition) is 6. The molecular weight excluding hydrogens is 222 g/mol. The molecule has 1 aliphatic rings. The van der Waals surface area contributed by atoms with E-state index in [1.165, 1.54) is 6.33 Å². The maximum Gasteiger partial charge on any atom is 0.244 e. The highest BCUT2D eigenvalue weighted by molar-refractivity contribution is 5.79. The highest BCUT2D eigenvalue weighted by Crippen LogP contribution is 2.37. The van der Waals surface area contributed by atoms with Gasteiger partial charge in [0.1, 0.15) is 6.33 Å². The summed E-state index contributed by atoms with van der Waals surface area (Å²) in [5.41, 5.74) is 7.38. The van der Waals surface area contributed by atoms with Gasteiger partial charge in [0, 0.05) is 18.7 Å². The Morgan fingerprint density at radius 3 is 3.06 bits per heavy atom. The van der Waals surface area contributed by atoms with Crippen LogP contribution in [-0.2, 0) is 0 Å². The van der Waals surface area contributed by atoms with E-state index in [0.717, 1.165) is 12.0 Å². The van der Waals surface area contributed by atoms with Gasteiger partial charge >= 0.3 is 0 Å². The van der Waals surface area contributed by atoms with E-state index in [2.05, 4.69) is 15.0 Å². The number of aliphatic hydroxyl groups excluding tert-OH is 1. The SMILES string of the molecule is Nc1nc(O)c2ncn(C=C3CC3CO)c2n1. The molecule has 88 valence electrons. The Hall–Kier alpha value is -2.15. The van der Waals surface area contributed by atoms with E-state index in [-0.39, 0.29) is 24.4 Å². The lowest BCUT2D eigenvalue weighted by Gasteiger charge is -1.97. The maximum atomic E-state index is 9.55. The molecule has 0 spiro atoms. The average Bonchev–Trinajstić information content (AvgIpc) is 2.92. The largest absolute Gasteiger partial charge is 0.492 e. The summed E-state index contributed by atoms with van der Waals surface area (Å²) in [4.78, 5) is 11.7. The van der Waals surface area contributed by atoms with E-state index in [4.69, 9.17) is 10.8 Å². The molecule has 17 heavy (non-hydrogen) atoms. The van der Waals surface area contributed by atoms with Crippen LogP contribution in [0.4, 0.5) is 5.95 Å². The van der Waals surface area contributed by atoms with Crippen molar-refractivity contribution in [3.63, 3.8) is 0 Å². The Labute approximate surface area is 96.2 Å². The quantitative estimate of drug-likeness (QED) is 0.671. The summed E-state index contributed by atoms with van der Waals surface area (Å²) in [6.45, 7) is 0.154. The van der Waals surface area contributed by atoms with Crippen molar-refractivity contribution in [1.82, 2.24) is 19.5 Å². The Morgan fingerprint density at radius 1 is 1.53 bits per heavy atom. The average molecular weight is 233 g/mol. The number of nitrogens with zero attached hydrogens (tertiary/aromatic N) is 4. The smallest absolute Gasteiger partial charge is 0.244 e. The van der Waals surface area contributed by atoms with Crippen LogP contribution in [0.25, 0.3) is 17.4 Å². The van der Waals surface area contributed by atoms with Gasteiger partial charge in [0.2, 0.25) is 11.8 Å². The molecule has 0 saturated heterocycles. The van der Waals surface area contributed by atoms with Crippen LogP contribution in [0, 0.1) is 5.92 Å². The number of aromatic hydroxyl groups is 1. The highest BCUT2D eigenvalue weighted by Gasteiger charge is 2.28. The summed E-state index contributed by atoms with van der Waals surface area (Å²) in [6.07, 6.45) is 4.27. The zero-order valence-corrected chi connectivity index (χ0v) is 8.91. The lowest BCUT2D eigenvalue weighted by atomic mass is 10.4. The second-order valence-corrected chi connectivity index (χ2v) is 4.02. The molecule has 2 heterocycles. The molecule has 0 radical (unpaired) electrons. The fourth-order valence-corrected chi connectivity index (χ4v) is 1.76. The normalized spacial score (nSPS) is 21.2. The van der Waals surface area contributed by atoms with E-state index in [0.29, 0.717) is 11.2 Å². The van der Waals surface area contributed by atoms with Gasteiger partial charge in [0.25, 0.3) is 0 Å². The molecule has 2 aromatic heterocycles. The maximum absolute atomic E-state index is 9.55. The van der Waals surface area contributed by atoms with Gasteiger partial charge in [-0.1, -0.05) is 0 Å². The van der Waals surface area contributed by atoms with Gasteiger partial charge in [-0.05, 0) is 12.0 Å². The Morgan fingerprint density at radius 2 is 2.35 bits per heavy atom. The van der Waals surface area contributed by atoms with Gasteiger partial charge in [-0.25, -0.2) is 4.98 Å². The van der Waals surface area contributed by atoms with Crippen LogP contribution in [0.5, 0.6) is 5.88 Å². The molecule has 1 aliphatic carbocycles. The third-order valence-electron chi connectivity index (χ3n) is 2.79. The third kappa shape index (κ3) is 1.60. The van der Waals surface area contributed by atoms with Gasteiger partial charge in [-0.15, -0.1) is 0 Å². The first-order valence-electron chi connectivity index (χ1n) is 5.19. The van der Waals surface area contributed by atoms with E-state index in [1.807, 2.05) is 6.20 Å². The Balaban J connectivity index is 2.09. The van der Waals surface area contributed by atoms with Gasteiger partial charge in [-0.3, -0.25) is 4.57 Å². The fourth-order valence-electron chi connectivity index (χ4n) is 1.76. The van der Waals surface area contributed by atoms with Crippen LogP contribution in [0.3, 0.4) is 0 Å². The second kappa shape index (κ2) is 3.42.